The van der Waals surface area contributed by atoms with Crippen LogP contribution in [0.4, 0.5) is 26.4 Å². The molecule has 2 aromatic heterocycles. The van der Waals surface area contributed by atoms with E-state index in [-0.39, 0.29) is 23.5 Å². The number of fused-ring (bicyclic) bond motifs is 2. The molecule has 5 rings (SSSR count). The molecular weight excluding hydrogens is 441 g/mol. The van der Waals surface area contributed by atoms with Crippen LogP contribution >= 0.6 is 0 Å². The number of pyridine rings is 2. The molecule has 0 unspecified atom stereocenters. The minimum Gasteiger partial charge on any atom is -0.474 e. The van der Waals surface area contributed by atoms with E-state index in [2.05, 4.69) is 15.3 Å². The highest BCUT2D eigenvalue weighted by atomic mass is 19.1. The molecule has 2 aliphatic rings. The molecule has 0 radical (unpaired) electrons. The number of nitrogens with two attached hydrogens (primary N) is 1. The number of nitrogen functional groups attached to an aromatic ring is 1. The average molecular weight is 468 g/mol. The van der Waals surface area contributed by atoms with Gasteiger partial charge in [-0.2, -0.15) is 0 Å². The summed E-state index contributed by atoms with van der Waals surface area (Å²) in [4.78, 5) is 22.0. The second kappa shape index (κ2) is 8.60. The number of aromatic nitrogens is 2. The van der Waals surface area contributed by atoms with E-state index in [0.29, 0.717) is 60.6 Å². The van der Waals surface area contributed by atoms with Gasteiger partial charge in [-0.15, -0.1) is 0 Å². The lowest BCUT2D eigenvalue weighted by molar-refractivity contribution is 0.181. The summed E-state index contributed by atoms with van der Waals surface area (Å²) in [6, 6.07) is 2.95. The molecule has 10 heteroatoms. The van der Waals surface area contributed by atoms with E-state index < -0.39 is 11.9 Å². The molecule has 0 spiro atoms. The van der Waals surface area contributed by atoms with Crippen LogP contribution in [0.5, 0.6) is 5.88 Å². The minimum atomic E-state index is -1.12. The molecule has 9 nitrogen and oxygen atoms in total. The van der Waals surface area contributed by atoms with Crippen LogP contribution in [0.1, 0.15) is 19.4 Å². The van der Waals surface area contributed by atoms with E-state index in [1.165, 1.54) is 11.1 Å². The molecule has 0 saturated carbocycles. The smallest absolute Gasteiger partial charge is 0.413 e. The molecule has 178 valence electrons. The second-order valence-electron chi connectivity index (χ2n) is 8.61. The molecule has 1 saturated heterocycles. The van der Waals surface area contributed by atoms with Crippen LogP contribution in [-0.2, 0) is 11.2 Å². The van der Waals surface area contributed by atoms with Gasteiger partial charge in [0.2, 0.25) is 5.88 Å². The Kier molecular flexibility index (Phi) is 5.60. The summed E-state index contributed by atoms with van der Waals surface area (Å²) in [5.74, 6) is 0.195. The van der Waals surface area contributed by atoms with Gasteiger partial charge in [0, 0.05) is 41.4 Å². The Morgan fingerprint density at radius 1 is 1.29 bits per heavy atom. The predicted molar refractivity (Wildman–Crippen MR) is 127 cm³/mol. The van der Waals surface area contributed by atoms with Crippen LogP contribution in [0.2, 0.25) is 0 Å². The number of nitrogens with zero attached hydrogens (tertiary/aromatic N) is 3. The number of benzene rings is 1. The van der Waals surface area contributed by atoms with Crippen LogP contribution in [0.25, 0.3) is 21.9 Å². The lowest BCUT2D eigenvalue weighted by atomic mass is 9.95. The van der Waals surface area contributed by atoms with Gasteiger partial charge in [-0.3, -0.25) is 4.90 Å². The fourth-order valence-electron chi connectivity index (χ4n) is 4.75. The van der Waals surface area contributed by atoms with Gasteiger partial charge in [0.05, 0.1) is 24.9 Å². The molecule has 4 heterocycles. The summed E-state index contributed by atoms with van der Waals surface area (Å²) >= 11 is 0. The molecule has 0 bridgehead atoms. The van der Waals surface area contributed by atoms with Gasteiger partial charge in [-0.25, -0.2) is 19.2 Å². The van der Waals surface area contributed by atoms with Crippen molar-refractivity contribution in [3.63, 3.8) is 0 Å². The minimum absolute atomic E-state index is 0.0193. The van der Waals surface area contributed by atoms with E-state index in [1.54, 1.807) is 18.3 Å². The van der Waals surface area contributed by atoms with Crippen LogP contribution in [0.15, 0.2) is 24.5 Å². The number of ether oxygens (including phenoxy) is 2. The van der Waals surface area contributed by atoms with Crippen LogP contribution < -0.4 is 20.7 Å². The maximum atomic E-state index is 15.5. The molecule has 4 N–H and O–H groups in total. The fourth-order valence-corrected chi connectivity index (χ4v) is 4.75. The quantitative estimate of drug-likeness (QED) is 0.494. The van der Waals surface area contributed by atoms with Gasteiger partial charge < -0.3 is 25.6 Å². The highest BCUT2D eigenvalue weighted by Crippen LogP contribution is 2.40. The van der Waals surface area contributed by atoms with E-state index in [9.17, 15) is 9.90 Å². The standard InChI is InChI=1S/C24H26FN5O4/c1-3-14-17(9-29-23-22(14)27-4-5-34-23)15-6-13-7-19(28-8-16(13)21(26)20(15)25)30(24(31)32)18-11-33-10-12(18)2/h6-9,12,18,27H,3-5,10-11,26H2,1-2H3,(H,31,32)/t12-,18-/m0/s1. The van der Waals surface area contributed by atoms with Gasteiger partial charge in [0.1, 0.15) is 18.1 Å². The summed E-state index contributed by atoms with van der Waals surface area (Å²) in [7, 11) is 0. The first-order chi connectivity index (χ1) is 16.4. The second-order valence-corrected chi connectivity index (χ2v) is 8.61. The normalized spacial score (nSPS) is 19.4. The number of carbonyl (C=O) groups is 1. The van der Waals surface area contributed by atoms with E-state index in [0.717, 1.165) is 11.3 Å². The van der Waals surface area contributed by atoms with Crippen molar-refractivity contribution >= 4 is 34.1 Å². The van der Waals surface area contributed by atoms with E-state index in [1.807, 2.05) is 13.8 Å². The Morgan fingerprint density at radius 3 is 2.82 bits per heavy atom. The Hall–Kier alpha value is -3.66. The number of hydrogen-bond donors (Lipinski definition) is 3. The van der Waals surface area contributed by atoms with Crippen molar-refractivity contribution in [2.24, 2.45) is 5.92 Å². The lowest BCUT2D eigenvalue weighted by Gasteiger charge is -2.27. The van der Waals surface area contributed by atoms with Gasteiger partial charge in [0.25, 0.3) is 0 Å². The van der Waals surface area contributed by atoms with Crippen molar-refractivity contribution in [1.29, 1.82) is 0 Å². The third-order valence-corrected chi connectivity index (χ3v) is 6.53. The van der Waals surface area contributed by atoms with Gasteiger partial charge in [-0.05, 0) is 29.5 Å². The first-order valence-electron chi connectivity index (χ1n) is 11.3. The van der Waals surface area contributed by atoms with E-state index >= 15 is 4.39 Å². The maximum absolute atomic E-state index is 15.5. The number of carboxylic acid groups (broad SMARTS) is 1. The number of hydrogen-bond acceptors (Lipinski definition) is 7. The Bertz CT molecular complexity index is 1280. The average Bonchev–Trinajstić information content (AvgIpc) is 3.25. The number of amides is 1. The SMILES string of the molecule is CCc1c(-c2cc3cc(N(C(=O)O)[C@H]4COC[C@@H]4C)ncc3c(N)c2F)cnc2c1NCCO2. The first-order valence-corrected chi connectivity index (χ1v) is 11.3. The Balaban J connectivity index is 1.66. The molecule has 2 aliphatic heterocycles. The number of nitrogens with one attached hydrogen (secondary N) is 1. The monoisotopic (exact) mass is 467 g/mol. The van der Waals surface area contributed by atoms with Gasteiger partial charge in [0.15, 0.2) is 5.82 Å². The molecule has 34 heavy (non-hydrogen) atoms. The third-order valence-electron chi connectivity index (χ3n) is 6.53. The van der Waals surface area contributed by atoms with Crippen molar-refractivity contribution in [3.8, 4) is 17.0 Å². The van der Waals surface area contributed by atoms with Crippen molar-refractivity contribution in [2.45, 2.75) is 26.3 Å². The van der Waals surface area contributed by atoms with Crippen molar-refractivity contribution < 1.29 is 23.8 Å². The van der Waals surface area contributed by atoms with Crippen molar-refractivity contribution in [2.75, 3.05) is 42.3 Å². The molecule has 3 aromatic rings. The van der Waals surface area contributed by atoms with Crippen molar-refractivity contribution in [3.05, 3.63) is 35.9 Å². The predicted octanol–water partition coefficient (Wildman–Crippen LogP) is 3.90. The zero-order valence-electron chi connectivity index (χ0n) is 19.0. The van der Waals surface area contributed by atoms with Crippen molar-refractivity contribution in [1.82, 2.24) is 9.97 Å². The highest BCUT2D eigenvalue weighted by molar-refractivity contribution is 6.00. The van der Waals surface area contributed by atoms with Gasteiger partial charge >= 0.3 is 6.09 Å². The Morgan fingerprint density at radius 2 is 2.12 bits per heavy atom. The first kappa shape index (κ1) is 22.1. The zero-order valence-corrected chi connectivity index (χ0v) is 19.0. The van der Waals surface area contributed by atoms with Crippen LogP contribution in [0, 0.1) is 11.7 Å². The summed E-state index contributed by atoms with van der Waals surface area (Å²) in [6.45, 7) is 5.84. The maximum Gasteiger partial charge on any atom is 0.413 e. The lowest BCUT2D eigenvalue weighted by Crippen LogP contribution is -2.43. The molecule has 1 aromatic carbocycles. The summed E-state index contributed by atoms with van der Waals surface area (Å²) in [6.07, 6.45) is 2.52. The molecule has 2 atom stereocenters. The zero-order chi connectivity index (χ0) is 24.0. The van der Waals surface area contributed by atoms with Crippen LogP contribution in [-0.4, -0.2) is 53.6 Å². The highest BCUT2D eigenvalue weighted by Gasteiger charge is 2.35. The number of anilines is 3. The largest absolute Gasteiger partial charge is 0.474 e. The topological polar surface area (TPSA) is 123 Å². The molecule has 0 aliphatic carbocycles. The molecule has 1 amide bonds. The third kappa shape index (κ3) is 3.54. The summed E-state index contributed by atoms with van der Waals surface area (Å²) in [5.41, 5.74) is 8.68. The molecular formula is C24H26FN5O4. The number of rotatable bonds is 4. The van der Waals surface area contributed by atoms with E-state index in [4.69, 9.17) is 15.2 Å². The Labute approximate surface area is 195 Å². The summed E-state index contributed by atoms with van der Waals surface area (Å²) in [5, 5.41) is 14.2. The van der Waals surface area contributed by atoms with Gasteiger partial charge in [-0.1, -0.05) is 13.8 Å². The summed E-state index contributed by atoms with van der Waals surface area (Å²) < 4.78 is 26.6. The number of halogens is 1. The van der Waals surface area contributed by atoms with Crippen LogP contribution in [0.3, 0.4) is 0 Å². The fraction of sp³-hybridized carbons (Fsp3) is 0.375. The molecule has 1 fully saturated rings.